The Hall–Kier alpha value is -1.38. The highest BCUT2D eigenvalue weighted by molar-refractivity contribution is 5.95. The van der Waals surface area contributed by atoms with Gasteiger partial charge >= 0.3 is 0 Å². The molecule has 0 radical (unpaired) electrons. The van der Waals surface area contributed by atoms with Crippen molar-refractivity contribution in [2.24, 2.45) is 5.92 Å². The highest BCUT2D eigenvalue weighted by atomic mass is 16.1. The fourth-order valence-electron chi connectivity index (χ4n) is 1.75. The number of amides is 1. The summed E-state index contributed by atoms with van der Waals surface area (Å²) in [5, 5.41) is 2.98. The molecule has 0 bridgehead atoms. The topological polar surface area (TPSA) is 42.0 Å². The second kappa shape index (κ2) is 4.64. The standard InChI is InChI=1S/C13H18N2O/c1-9(2)11-5-6-14-8-12(11)13(16)15-7-10-3-4-10/h5-6,8-10H,3-4,7H2,1-2H3,(H,15,16). The summed E-state index contributed by atoms with van der Waals surface area (Å²) in [5.41, 5.74) is 1.79. The molecule has 1 heterocycles. The lowest BCUT2D eigenvalue weighted by atomic mass is 9.99. The van der Waals surface area contributed by atoms with Crippen LogP contribution in [0.1, 0.15) is 48.5 Å². The highest BCUT2D eigenvalue weighted by Crippen LogP contribution is 2.27. The van der Waals surface area contributed by atoms with Crippen molar-refractivity contribution in [1.82, 2.24) is 10.3 Å². The molecule has 86 valence electrons. The summed E-state index contributed by atoms with van der Waals surface area (Å²) in [6.07, 6.45) is 5.92. The van der Waals surface area contributed by atoms with Crippen molar-refractivity contribution in [1.29, 1.82) is 0 Å². The molecule has 1 saturated carbocycles. The molecule has 3 heteroatoms. The van der Waals surface area contributed by atoms with Gasteiger partial charge in [0.1, 0.15) is 0 Å². The van der Waals surface area contributed by atoms with Gasteiger partial charge in [-0.15, -0.1) is 0 Å². The van der Waals surface area contributed by atoms with Gasteiger partial charge in [0.25, 0.3) is 5.91 Å². The minimum atomic E-state index is 0.0173. The number of nitrogens with one attached hydrogen (secondary N) is 1. The Morgan fingerprint density at radius 2 is 2.31 bits per heavy atom. The molecule has 3 nitrogen and oxygen atoms in total. The Labute approximate surface area is 96.3 Å². The largest absolute Gasteiger partial charge is 0.352 e. The molecule has 1 fully saturated rings. The van der Waals surface area contributed by atoms with Crippen molar-refractivity contribution >= 4 is 5.91 Å². The highest BCUT2D eigenvalue weighted by Gasteiger charge is 2.22. The van der Waals surface area contributed by atoms with E-state index in [-0.39, 0.29) is 5.91 Å². The normalized spacial score (nSPS) is 15.2. The van der Waals surface area contributed by atoms with Crippen LogP contribution in [-0.4, -0.2) is 17.4 Å². The van der Waals surface area contributed by atoms with Gasteiger partial charge < -0.3 is 5.32 Å². The van der Waals surface area contributed by atoms with E-state index in [0.29, 0.717) is 11.8 Å². The fourth-order valence-corrected chi connectivity index (χ4v) is 1.75. The average molecular weight is 218 g/mol. The summed E-state index contributed by atoms with van der Waals surface area (Å²) in [7, 11) is 0. The lowest BCUT2D eigenvalue weighted by Crippen LogP contribution is -2.26. The molecule has 1 aromatic heterocycles. The van der Waals surface area contributed by atoms with Crippen LogP contribution in [0.3, 0.4) is 0 Å². The molecule has 16 heavy (non-hydrogen) atoms. The SMILES string of the molecule is CC(C)c1ccncc1C(=O)NCC1CC1. The number of carbonyl (C=O) groups excluding carboxylic acids is 1. The molecule has 0 saturated heterocycles. The van der Waals surface area contributed by atoms with E-state index in [4.69, 9.17) is 0 Å². The van der Waals surface area contributed by atoms with E-state index in [1.54, 1.807) is 12.4 Å². The van der Waals surface area contributed by atoms with E-state index in [2.05, 4.69) is 24.1 Å². The predicted octanol–water partition coefficient (Wildman–Crippen LogP) is 2.34. The third-order valence-electron chi connectivity index (χ3n) is 2.97. The Morgan fingerprint density at radius 1 is 1.56 bits per heavy atom. The first-order chi connectivity index (χ1) is 7.68. The zero-order valence-corrected chi connectivity index (χ0v) is 9.86. The lowest BCUT2D eigenvalue weighted by Gasteiger charge is -2.11. The molecule has 1 aliphatic rings. The first kappa shape index (κ1) is 11.1. The third kappa shape index (κ3) is 2.60. The minimum absolute atomic E-state index is 0.0173. The second-order valence-electron chi connectivity index (χ2n) is 4.77. The summed E-state index contributed by atoms with van der Waals surface area (Å²) in [5.74, 6) is 1.08. The summed E-state index contributed by atoms with van der Waals surface area (Å²) in [4.78, 5) is 16.0. The van der Waals surface area contributed by atoms with Crippen LogP contribution >= 0.6 is 0 Å². The van der Waals surface area contributed by atoms with Gasteiger partial charge in [0.15, 0.2) is 0 Å². The van der Waals surface area contributed by atoms with Crippen LogP contribution in [-0.2, 0) is 0 Å². The van der Waals surface area contributed by atoms with Crippen LogP contribution in [0.4, 0.5) is 0 Å². The number of carbonyl (C=O) groups is 1. The van der Waals surface area contributed by atoms with Gasteiger partial charge in [0, 0.05) is 18.9 Å². The summed E-state index contributed by atoms with van der Waals surface area (Å²) >= 11 is 0. The molecular formula is C13H18N2O. The Morgan fingerprint density at radius 3 is 2.94 bits per heavy atom. The quantitative estimate of drug-likeness (QED) is 0.842. The van der Waals surface area contributed by atoms with Crippen LogP contribution in [0.15, 0.2) is 18.5 Å². The smallest absolute Gasteiger partial charge is 0.253 e. The van der Waals surface area contributed by atoms with Gasteiger partial charge in [0.05, 0.1) is 5.56 Å². The van der Waals surface area contributed by atoms with Crippen LogP contribution < -0.4 is 5.32 Å². The van der Waals surface area contributed by atoms with Gasteiger partial charge in [-0.2, -0.15) is 0 Å². The summed E-state index contributed by atoms with van der Waals surface area (Å²) in [6, 6.07) is 1.93. The number of nitrogens with zero attached hydrogens (tertiary/aromatic N) is 1. The number of rotatable bonds is 4. The Balaban J connectivity index is 2.08. The molecule has 0 spiro atoms. The van der Waals surface area contributed by atoms with E-state index >= 15 is 0 Å². The van der Waals surface area contributed by atoms with Gasteiger partial charge in [-0.25, -0.2) is 0 Å². The van der Waals surface area contributed by atoms with Gasteiger partial charge in [-0.1, -0.05) is 13.8 Å². The van der Waals surface area contributed by atoms with Crippen LogP contribution in [0.5, 0.6) is 0 Å². The molecule has 0 atom stereocenters. The molecule has 0 unspecified atom stereocenters. The first-order valence-electron chi connectivity index (χ1n) is 5.90. The van der Waals surface area contributed by atoms with E-state index in [1.807, 2.05) is 6.07 Å². The molecule has 2 rings (SSSR count). The summed E-state index contributed by atoms with van der Waals surface area (Å²) < 4.78 is 0. The average Bonchev–Trinajstić information content (AvgIpc) is 3.09. The maximum Gasteiger partial charge on any atom is 0.253 e. The van der Waals surface area contributed by atoms with Crippen LogP contribution in [0, 0.1) is 5.92 Å². The van der Waals surface area contributed by atoms with Crippen molar-refractivity contribution in [3.63, 3.8) is 0 Å². The van der Waals surface area contributed by atoms with Crippen molar-refractivity contribution in [2.45, 2.75) is 32.6 Å². The fraction of sp³-hybridized carbons (Fsp3) is 0.538. The maximum atomic E-state index is 12.0. The number of hydrogen-bond acceptors (Lipinski definition) is 2. The lowest BCUT2D eigenvalue weighted by molar-refractivity contribution is 0.0950. The third-order valence-corrected chi connectivity index (χ3v) is 2.97. The predicted molar refractivity (Wildman–Crippen MR) is 63.4 cm³/mol. The molecule has 1 N–H and O–H groups in total. The van der Waals surface area contributed by atoms with E-state index < -0.39 is 0 Å². The van der Waals surface area contributed by atoms with E-state index in [1.165, 1.54) is 12.8 Å². The molecule has 1 aliphatic carbocycles. The second-order valence-corrected chi connectivity index (χ2v) is 4.77. The Kier molecular flexibility index (Phi) is 3.22. The Bertz CT molecular complexity index is 383. The molecule has 0 aromatic carbocycles. The van der Waals surface area contributed by atoms with Gasteiger partial charge in [-0.3, -0.25) is 9.78 Å². The van der Waals surface area contributed by atoms with Crippen LogP contribution in [0.2, 0.25) is 0 Å². The molecule has 1 amide bonds. The van der Waals surface area contributed by atoms with Gasteiger partial charge in [-0.05, 0) is 36.3 Å². The zero-order valence-electron chi connectivity index (χ0n) is 9.86. The zero-order chi connectivity index (χ0) is 11.5. The van der Waals surface area contributed by atoms with Gasteiger partial charge in [0.2, 0.25) is 0 Å². The molecule has 1 aromatic rings. The van der Waals surface area contributed by atoms with Crippen molar-refractivity contribution < 1.29 is 4.79 Å². The number of aromatic nitrogens is 1. The maximum absolute atomic E-state index is 12.0. The first-order valence-corrected chi connectivity index (χ1v) is 5.90. The summed E-state index contributed by atoms with van der Waals surface area (Å²) in [6.45, 7) is 4.99. The van der Waals surface area contributed by atoms with Crippen molar-refractivity contribution in [2.75, 3.05) is 6.54 Å². The molecule has 0 aliphatic heterocycles. The monoisotopic (exact) mass is 218 g/mol. The van der Waals surface area contributed by atoms with Crippen molar-refractivity contribution in [3.05, 3.63) is 29.6 Å². The van der Waals surface area contributed by atoms with E-state index in [9.17, 15) is 4.79 Å². The number of hydrogen-bond donors (Lipinski definition) is 1. The van der Waals surface area contributed by atoms with Crippen molar-refractivity contribution in [3.8, 4) is 0 Å². The minimum Gasteiger partial charge on any atom is -0.352 e. The van der Waals surface area contributed by atoms with Crippen LogP contribution in [0.25, 0.3) is 0 Å². The number of pyridine rings is 1. The molecular weight excluding hydrogens is 200 g/mol. The van der Waals surface area contributed by atoms with E-state index in [0.717, 1.165) is 17.7 Å².